The Balaban J connectivity index is 1.60. The van der Waals surface area contributed by atoms with Crippen molar-refractivity contribution < 1.29 is 22.7 Å². The van der Waals surface area contributed by atoms with E-state index in [4.69, 9.17) is 9.41 Å². The number of halogens is 4. The van der Waals surface area contributed by atoms with Gasteiger partial charge in [-0.05, 0) is 102 Å². The number of aliphatic hydroxyl groups is 1. The lowest BCUT2D eigenvalue weighted by Crippen LogP contribution is -2.49. The Kier molecular flexibility index (Phi) is 7.71. The molecule has 0 aliphatic heterocycles. The molecule has 0 bridgehead atoms. The fourth-order valence-electron chi connectivity index (χ4n) is 5.50. The molecular weight excluding hydrogens is 608 g/mol. The quantitative estimate of drug-likeness (QED) is 0.262. The van der Waals surface area contributed by atoms with Gasteiger partial charge < -0.3 is 9.53 Å². The molecule has 0 saturated heterocycles. The lowest BCUT2D eigenvalue weighted by molar-refractivity contribution is -0.137. The summed E-state index contributed by atoms with van der Waals surface area (Å²) in [4.78, 5) is 9.05. The lowest BCUT2D eigenvalue weighted by Gasteiger charge is -2.54. The Morgan fingerprint density at radius 3 is 2.27 bits per heavy atom. The largest absolute Gasteiger partial charge is 0.417 e. The minimum absolute atomic E-state index is 0.0384. The molecule has 37 heavy (non-hydrogen) atoms. The lowest BCUT2D eigenvalue weighted by atomic mass is 9.53. The summed E-state index contributed by atoms with van der Waals surface area (Å²) >= 11 is 2.43. The zero-order chi connectivity index (χ0) is 27.6. The molecule has 1 N–H and O–H groups in total. The third-order valence-electron chi connectivity index (χ3n) is 8.68. The van der Waals surface area contributed by atoms with Crippen LogP contribution in [0.15, 0.2) is 24.4 Å². The number of rotatable bonds is 5. The van der Waals surface area contributed by atoms with E-state index in [1.54, 1.807) is 0 Å². The summed E-state index contributed by atoms with van der Waals surface area (Å²) in [6.45, 7) is 15.6. The summed E-state index contributed by atoms with van der Waals surface area (Å²) in [6.07, 6.45) is -1.31. The average molecular weight is 647 g/mol. The van der Waals surface area contributed by atoms with Crippen molar-refractivity contribution in [3.63, 3.8) is 0 Å². The van der Waals surface area contributed by atoms with Crippen LogP contribution in [0.1, 0.15) is 100 Å². The van der Waals surface area contributed by atoms with Crippen LogP contribution in [0.3, 0.4) is 0 Å². The van der Waals surface area contributed by atoms with Gasteiger partial charge in [0.25, 0.3) is 0 Å². The maximum absolute atomic E-state index is 12.9. The van der Waals surface area contributed by atoms with Gasteiger partial charge in [0.15, 0.2) is 8.32 Å². The molecule has 1 saturated carbocycles. The van der Waals surface area contributed by atoms with Gasteiger partial charge in [0.05, 0.1) is 23.5 Å². The fourth-order valence-corrected chi connectivity index (χ4v) is 7.74. The number of aromatic nitrogens is 2. The number of nitrogens with zero attached hydrogens (tertiary/aromatic N) is 2. The summed E-state index contributed by atoms with van der Waals surface area (Å²) in [5, 5.41) is 11.0. The number of hydrogen-bond acceptors (Lipinski definition) is 4. The van der Waals surface area contributed by atoms with Gasteiger partial charge >= 0.3 is 6.18 Å². The van der Waals surface area contributed by atoms with Crippen LogP contribution in [0.5, 0.6) is 0 Å². The second-order valence-electron chi connectivity index (χ2n) is 12.9. The topological polar surface area (TPSA) is 55.2 Å². The summed E-state index contributed by atoms with van der Waals surface area (Å²) in [5.41, 5.74) is 2.86. The van der Waals surface area contributed by atoms with Crippen molar-refractivity contribution >= 4 is 30.9 Å². The minimum Gasteiger partial charge on any atom is -0.410 e. The van der Waals surface area contributed by atoms with E-state index in [9.17, 15) is 18.3 Å². The molecule has 2 aromatic rings. The van der Waals surface area contributed by atoms with Gasteiger partial charge in [-0.3, -0.25) is 9.97 Å². The first kappa shape index (κ1) is 29.0. The molecular formula is C28H38F3IN2O2Si. The molecule has 0 amide bonds. The first-order valence-electron chi connectivity index (χ1n) is 13.0. The fraction of sp³-hybridized carbons (Fsp3) is 0.643. The Bertz CT molecular complexity index is 1140. The van der Waals surface area contributed by atoms with Crippen molar-refractivity contribution in [2.45, 2.75) is 103 Å². The zero-order valence-corrected chi connectivity index (χ0v) is 25.9. The molecule has 1 fully saturated rings. The van der Waals surface area contributed by atoms with Crippen molar-refractivity contribution in [1.82, 2.24) is 9.97 Å². The second-order valence-corrected chi connectivity index (χ2v) is 18.8. The normalized spacial score (nSPS) is 25.2. The molecule has 0 aromatic carbocycles. The number of alkyl halides is 3. The van der Waals surface area contributed by atoms with Crippen molar-refractivity contribution in [1.29, 1.82) is 0 Å². The molecule has 2 aliphatic carbocycles. The summed E-state index contributed by atoms with van der Waals surface area (Å²) in [7, 11) is -2.07. The van der Waals surface area contributed by atoms with Gasteiger partial charge in [-0.15, -0.1) is 0 Å². The Morgan fingerprint density at radius 2 is 1.76 bits per heavy atom. The summed E-state index contributed by atoms with van der Waals surface area (Å²) < 4.78 is 47.0. The van der Waals surface area contributed by atoms with Gasteiger partial charge in [-0.1, -0.05) is 34.6 Å². The highest BCUT2D eigenvalue weighted by Crippen LogP contribution is 2.60. The first-order valence-corrected chi connectivity index (χ1v) is 17.0. The van der Waals surface area contributed by atoms with Crippen molar-refractivity contribution in [3.05, 3.63) is 56.2 Å². The molecule has 2 aliphatic rings. The monoisotopic (exact) mass is 646 g/mol. The van der Waals surface area contributed by atoms with Gasteiger partial charge in [0.2, 0.25) is 0 Å². The number of aliphatic hydroxyl groups excluding tert-OH is 1. The van der Waals surface area contributed by atoms with E-state index >= 15 is 0 Å². The Morgan fingerprint density at radius 1 is 1.11 bits per heavy atom. The van der Waals surface area contributed by atoms with Gasteiger partial charge in [-0.2, -0.15) is 13.2 Å². The SMILES string of the molecule is CC(C)c1cc(I)c2c(n1)CC1(CC([C@H](O)c3ccc(C(F)(F)F)cn3)C1)C[C@@H]2O[Si](C)(C)C(C)(C)C. The predicted molar refractivity (Wildman–Crippen MR) is 150 cm³/mol. The molecule has 9 heteroatoms. The van der Waals surface area contributed by atoms with Crippen LogP contribution in [-0.4, -0.2) is 23.4 Å². The van der Waals surface area contributed by atoms with Crippen molar-refractivity contribution in [2.24, 2.45) is 11.3 Å². The summed E-state index contributed by atoms with van der Waals surface area (Å²) in [5.74, 6) is 0.268. The van der Waals surface area contributed by atoms with Crippen LogP contribution in [0.25, 0.3) is 0 Å². The highest BCUT2D eigenvalue weighted by Gasteiger charge is 2.53. The molecule has 0 radical (unpaired) electrons. The zero-order valence-electron chi connectivity index (χ0n) is 22.7. The first-order chi connectivity index (χ1) is 16.9. The van der Waals surface area contributed by atoms with Crippen molar-refractivity contribution in [3.8, 4) is 0 Å². The van der Waals surface area contributed by atoms with Crippen LogP contribution in [0, 0.1) is 14.9 Å². The van der Waals surface area contributed by atoms with Crippen LogP contribution in [-0.2, 0) is 17.0 Å². The van der Waals surface area contributed by atoms with E-state index in [-0.39, 0.29) is 22.5 Å². The van der Waals surface area contributed by atoms with Crippen LogP contribution < -0.4 is 0 Å². The van der Waals surface area contributed by atoms with E-state index in [2.05, 4.69) is 81.4 Å². The van der Waals surface area contributed by atoms with E-state index in [1.807, 2.05) is 0 Å². The third kappa shape index (κ3) is 5.79. The van der Waals surface area contributed by atoms with E-state index in [0.29, 0.717) is 11.6 Å². The standard InChI is InChI=1S/C28H38F3IN2O2Si/c1-16(2)21-10-19(32)24-22(34-21)13-27(14-23(24)36-37(6,7)26(3,4)5)11-17(12-27)25(35)20-9-8-18(15-33-20)28(29,30)31/h8-10,15-17,23,25,35H,11-14H2,1-7H3/t17?,23-,25-,27?/m0/s1. The van der Waals surface area contributed by atoms with Gasteiger partial charge in [0, 0.05) is 26.7 Å². The second kappa shape index (κ2) is 9.85. The van der Waals surface area contributed by atoms with Crippen LogP contribution in [0.2, 0.25) is 18.1 Å². The van der Waals surface area contributed by atoms with Crippen molar-refractivity contribution in [2.75, 3.05) is 0 Å². The molecule has 4 nitrogen and oxygen atoms in total. The third-order valence-corrected chi connectivity index (χ3v) is 14.1. The summed E-state index contributed by atoms with van der Waals surface area (Å²) in [6, 6.07) is 4.49. The maximum atomic E-state index is 12.9. The number of fused-ring (bicyclic) bond motifs is 1. The van der Waals surface area contributed by atoms with Crippen LogP contribution in [0.4, 0.5) is 13.2 Å². The molecule has 1 spiro atoms. The number of hydrogen-bond donors (Lipinski definition) is 1. The Hall–Kier alpha value is -1.04. The molecule has 4 rings (SSSR count). The predicted octanol–water partition coefficient (Wildman–Crippen LogP) is 8.36. The molecule has 2 atom stereocenters. The molecule has 2 heterocycles. The molecule has 204 valence electrons. The van der Waals surface area contributed by atoms with Gasteiger partial charge in [-0.25, -0.2) is 0 Å². The Labute approximate surface area is 233 Å². The number of pyridine rings is 2. The molecule has 0 unspecified atom stereocenters. The minimum atomic E-state index is -4.44. The highest BCUT2D eigenvalue weighted by atomic mass is 127. The van der Waals surface area contributed by atoms with Crippen LogP contribution >= 0.6 is 22.6 Å². The van der Waals surface area contributed by atoms with E-state index in [1.165, 1.54) is 15.2 Å². The highest BCUT2D eigenvalue weighted by molar-refractivity contribution is 14.1. The van der Waals surface area contributed by atoms with Gasteiger partial charge in [0.1, 0.15) is 0 Å². The molecule has 2 aromatic heterocycles. The van der Waals surface area contributed by atoms with E-state index in [0.717, 1.165) is 49.3 Å². The smallest absolute Gasteiger partial charge is 0.410 e. The van der Waals surface area contributed by atoms with E-state index < -0.39 is 26.2 Å². The maximum Gasteiger partial charge on any atom is 0.417 e. The average Bonchev–Trinajstić information content (AvgIpc) is 2.74.